The van der Waals surface area contributed by atoms with Crippen molar-refractivity contribution in [3.05, 3.63) is 23.2 Å². The molecule has 0 heterocycles. The van der Waals surface area contributed by atoms with Gasteiger partial charge in [0.1, 0.15) is 0 Å². The zero-order chi connectivity index (χ0) is 13.2. The molecule has 1 aromatic carbocycles. The van der Waals surface area contributed by atoms with Gasteiger partial charge < -0.3 is 16.0 Å². The average molecular weight is 256 g/mol. The Balaban J connectivity index is 3.05. The minimum Gasteiger partial charge on any atom is -0.376 e. The number of halogens is 1. The monoisotopic (exact) mass is 255 g/mol. The summed E-state index contributed by atoms with van der Waals surface area (Å²) in [6, 6.07) is 5.34. The normalized spacial score (nSPS) is 11.2. The lowest BCUT2D eigenvalue weighted by atomic mass is 10.1. The predicted octanol–water partition coefficient (Wildman–Crippen LogP) is 2.08. The maximum atomic E-state index is 11.8. The molecule has 94 valence electrons. The molecule has 0 saturated carbocycles. The van der Waals surface area contributed by atoms with Gasteiger partial charge >= 0.3 is 0 Å². The van der Waals surface area contributed by atoms with Crippen molar-refractivity contribution in [3.8, 4) is 0 Å². The van der Waals surface area contributed by atoms with Gasteiger partial charge in [0, 0.05) is 19.1 Å². The number of benzene rings is 1. The molecule has 0 atom stereocenters. The molecule has 1 rings (SSSR count). The van der Waals surface area contributed by atoms with Crippen molar-refractivity contribution >= 4 is 28.9 Å². The first-order chi connectivity index (χ1) is 7.71. The van der Waals surface area contributed by atoms with E-state index in [0.29, 0.717) is 10.7 Å². The minimum atomic E-state index is -0.925. The summed E-state index contributed by atoms with van der Waals surface area (Å²) < 4.78 is 0. The van der Waals surface area contributed by atoms with Gasteiger partial charge in [-0.05, 0) is 32.0 Å². The summed E-state index contributed by atoms with van der Waals surface area (Å²) in [5, 5.41) is 3.35. The van der Waals surface area contributed by atoms with Gasteiger partial charge in [0.15, 0.2) is 0 Å². The lowest BCUT2D eigenvalue weighted by molar-refractivity contribution is -0.120. The number of nitrogens with one attached hydrogen (secondary N) is 1. The molecule has 17 heavy (non-hydrogen) atoms. The first kappa shape index (κ1) is 13.8. The molecule has 0 spiro atoms. The SMILES string of the molecule is CN(C)c1ccc(Cl)cc1NC(=O)C(C)(C)N. The molecule has 0 aliphatic rings. The van der Waals surface area contributed by atoms with Gasteiger partial charge in [0.2, 0.25) is 5.91 Å². The van der Waals surface area contributed by atoms with E-state index < -0.39 is 5.54 Å². The number of hydrogen-bond acceptors (Lipinski definition) is 3. The third-order valence-electron chi connectivity index (χ3n) is 2.27. The standard InChI is InChI=1S/C12H18ClN3O/c1-12(2,14)11(17)15-9-7-8(13)5-6-10(9)16(3)4/h5-7H,14H2,1-4H3,(H,15,17). The van der Waals surface area contributed by atoms with Crippen LogP contribution in [0.5, 0.6) is 0 Å². The molecule has 0 saturated heterocycles. The van der Waals surface area contributed by atoms with E-state index in [4.69, 9.17) is 17.3 Å². The number of anilines is 2. The van der Waals surface area contributed by atoms with Crippen LogP contribution in [0.4, 0.5) is 11.4 Å². The molecular weight excluding hydrogens is 238 g/mol. The molecule has 3 N–H and O–H groups in total. The van der Waals surface area contributed by atoms with Crippen LogP contribution in [0.25, 0.3) is 0 Å². The first-order valence-corrected chi connectivity index (χ1v) is 5.67. The van der Waals surface area contributed by atoms with E-state index in [1.165, 1.54) is 0 Å². The second-order valence-corrected chi connectivity index (χ2v) is 5.17. The second-order valence-electron chi connectivity index (χ2n) is 4.73. The molecular formula is C12H18ClN3O. The number of nitrogens with zero attached hydrogens (tertiary/aromatic N) is 1. The first-order valence-electron chi connectivity index (χ1n) is 5.29. The van der Waals surface area contributed by atoms with Crippen LogP contribution in [0.1, 0.15) is 13.8 Å². The van der Waals surface area contributed by atoms with Crippen LogP contribution in [0.3, 0.4) is 0 Å². The number of nitrogens with two attached hydrogens (primary N) is 1. The number of carbonyl (C=O) groups excluding carboxylic acids is 1. The molecule has 0 aromatic heterocycles. The quantitative estimate of drug-likeness (QED) is 0.870. The lowest BCUT2D eigenvalue weighted by Crippen LogP contribution is -2.45. The number of carbonyl (C=O) groups is 1. The number of rotatable bonds is 3. The third kappa shape index (κ3) is 3.61. The average Bonchev–Trinajstić information content (AvgIpc) is 2.15. The molecule has 5 heteroatoms. The van der Waals surface area contributed by atoms with Crippen molar-refractivity contribution in [3.63, 3.8) is 0 Å². The summed E-state index contributed by atoms with van der Waals surface area (Å²) >= 11 is 5.92. The highest BCUT2D eigenvalue weighted by Crippen LogP contribution is 2.28. The molecule has 1 aromatic rings. The Hall–Kier alpha value is -1.26. The van der Waals surface area contributed by atoms with Crippen molar-refractivity contribution in [1.82, 2.24) is 0 Å². The lowest BCUT2D eigenvalue weighted by Gasteiger charge is -2.22. The Morgan fingerprint density at radius 1 is 1.41 bits per heavy atom. The summed E-state index contributed by atoms with van der Waals surface area (Å²) in [5.41, 5.74) is 6.35. The van der Waals surface area contributed by atoms with Gasteiger partial charge in [-0.15, -0.1) is 0 Å². The van der Waals surface area contributed by atoms with Crippen LogP contribution < -0.4 is 16.0 Å². The van der Waals surface area contributed by atoms with Crippen LogP contribution >= 0.6 is 11.6 Å². The molecule has 0 aliphatic heterocycles. The fraction of sp³-hybridized carbons (Fsp3) is 0.417. The molecule has 0 unspecified atom stereocenters. The van der Waals surface area contributed by atoms with Gasteiger partial charge in [0.05, 0.1) is 16.9 Å². The van der Waals surface area contributed by atoms with Crippen molar-refractivity contribution in [2.45, 2.75) is 19.4 Å². The largest absolute Gasteiger partial charge is 0.376 e. The fourth-order valence-electron chi connectivity index (χ4n) is 1.28. The van der Waals surface area contributed by atoms with E-state index >= 15 is 0 Å². The maximum absolute atomic E-state index is 11.8. The Kier molecular flexibility index (Phi) is 4.01. The van der Waals surface area contributed by atoms with Gasteiger partial charge in [-0.2, -0.15) is 0 Å². The van der Waals surface area contributed by atoms with Crippen LogP contribution in [0.2, 0.25) is 5.02 Å². The summed E-state index contributed by atoms with van der Waals surface area (Å²) in [6.45, 7) is 3.31. The third-order valence-corrected chi connectivity index (χ3v) is 2.51. The van der Waals surface area contributed by atoms with Crippen LogP contribution in [-0.2, 0) is 4.79 Å². The van der Waals surface area contributed by atoms with Crippen LogP contribution in [0, 0.1) is 0 Å². The van der Waals surface area contributed by atoms with Crippen LogP contribution in [0.15, 0.2) is 18.2 Å². The molecule has 0 fully saturated rings. The van der Waals surface area contributed by atoms with E-state index in [1.807, 2.05) is 25.1 Å². The smallest absolute Gasteiger partial charge is 0.243 e. The summed E-state index contributed by atoms with van der Waals surface area (Å²) in [5.74, 6) is -0.247. The Morgan fingerprint density at radius 3 is 2.47 bits per heavy atom. The predicted molar refractivity (Wildman–Crippen MR) is 72.7 cm³/mol. The minimum absolute atomic E-state index is 0.247. The van der Waals surface area contributed by atoms with E-state index in [9.17, 15) is 4.79 Å². The van der Waals surface area contributed by atoms with E-state index in [-0.39, 0.29) is 5.91 Å². The van der Waals surface area contributed by atoms with E-state index in [2.05, 4.69) is 5.32 Å². The summed E-state index contributed by atoms with van der Waals surface area (Å²) in [4.78, 5) is 13.7. The molecule has 4 nitrogen and oxygen atoms in total. The zero-order valence-electron chi connectivity index (χ0n) is 10.5. The Labute approximate surface area is 107 Å². The molecule has 1 amide bonds. The van der Waals surface area contributed by atoms with E-state index in [1.54, 1.807) is 26.0 Å². The van der Waals surface area contributed by atoms with Gasteiger partial charge in [0.25, 0.3) is 0 Å². The van der Waals surface area contributed by atoms with Gasteiger partial charge in [-0.3, -0.25) is 4.79 Å². The molecule has 0 bridgehead atoms. The van der Waals surface area contributed by atoms with Crippen molar-refractivity contribution < 1.29 is 4.79 Å². The topological polar surface area (TPSA) is 58.4 Å². The van der Waals surface area contributed by atoms with Gasteiger partial charge in [-0.25, -0.2) is 0 Å². The van der Waals surface area contributed by atoms with Crippen LogP contribution in [-0.4, -0.2) is 25.5 Å². The number of amides is 1. The Bertz CT molecular complexity index is 424. The maximum Gasteiger partial charge on any atom is 0.243 e. The Morgan fingerprint density at radius 2 is 2.00 bits per heavy atom. The van der Waals surface area contributed by atoms with Crippen molar-refractivity contribution in [1.29, 1.82) is 0 Å². The second kappa shape index (κ2) is 4.94. The summed E-state index contributed by atoms with van der Waals surface area (Å²) in [7, 11) is 3.79. The zero-order valence-corrected chi connectivity index (χ0v) is 11.3. The fourth-order valence-corrected chi connectivity index (χ4v) is 1.45. The van der Waals surface area contributed by atoms with Gasteiger partial charge in [-0.1, -0.05) is 11.6 Å². The molecule has 0 radical (unpaired) electrons. The summed E-state index contributed by atoms with van der Waals surface area (Å²) in [6.07, 6.45) is 0. The van der Waals surface area contributed by atoms with E-state index in [0.717, 1.165) is 5.69 Å². The number of hydrogen-bond donors (Lipinski definition) is 2. The van der Waals surface area contributed by atoms with Crippen molar-refractivity contribution in [2.75, 3.05) is 24.3 Å². The highest BCUT2D eigenvalue weighted by Gasteiger charge is 2.22. The highest BCUT2D eigenvalue weighted by atomic mass is 35.5. The molecule has 0 aliphatic carbocycles. The highest BCUT2D eigenvalue weighted by molar-refractivity contribution is 6.31. The van der Waals surface area contributed by atoms with Crippen molar-refractivity contribution in [2.24, 2.45) is 5.73 Å².